The van der Waals surface area contributed by atoms with Crippen molar-refractivity contribution in [2.45, 2.75) is 361 Å². The minimum absolute atomic E-state index is 0.0762. The van der Waals surface area contributed by atoms with Gasteiger partial charge in [0.2, 0.25) is 0 Å². The Balaban J connectivity index is 4.22. The van der Waals surface area contributed by atoms with Crippen molar-refractivity contribution in [1.29, 1.82) is 0 Å². The van der Waals surface area contributed by atoms with E-state index >= 15 is 0 Å². The second kappa shape index (κ2) is 65.6. The molecule has 6 nitrogen and oxygen atoms in total. The van der Waals surface area contributed by atoms with Gasteiger partial charge < -0.3 is 14.2 Å². The topological polar surface area (TPSA) is 78.9 Å². The normalized spacial score (nSPS) is 12.4. The van der Waals surface area contributed by atoms with Gasteiger partial charge in [0.15, 0.2) is 6.10 Å². The quantitative estimate of drug-likeness (QED) is 0.0261. The van der Waals surface area contributed by atoms with Crippen molar-refractivity contribution < 1.29 is 28.6 Å². The van der Waals surface area contributed by atoms with E-state index in [1.165, 1.54) is 238 Å². The van der Waals surface area contributed by atoms with Crippen LogP contribution in [0, 0.1) is 0 Å². The van der Waals surface area contributed by atoms with Crippen molar-refractivity contribution in [2.75, 3.05) is 13.2 Å². The van der Waals surface area contributed by atoms with Crippen molar-refractivity contribution in [1.82, 2.24) is 0 Å². The molecule has 0 spiro atoms. The van der Waals surface area contributed by atoms with Crippen LogP contribution in [-0.4, -0.2) is 37.2 Å². The number of allylic oxidation sites excluding steroid dienone is 10. The van der Waals surface area contributed by atoms with Crippen molar-refractivity contribution in [3.8, 4) is 0 Å². The fourth-order valence-electron chi connectivity index (χ4n) is 9.85. The molecule has 448 valence electrons. The maximum Gasteiger partial charge on any atom is 0.306 e. The van der Waals surface area contributed by atoms with E-state index in [1.54, 1.807) is 0 Å². The van der Waals surface area contributed by atoms with E-state index in [0.29, 0.717) is 19.3 Å². The Morgan fingerprint density at radius 1 is 0.260 bits per heavy atom. The molecule has 0 saturated carbocycles. The maximum absolute atomic E-state index is 12.9. The zero-order chi connectivity index (χ0) is 55.7. The molecular formula is C71H128O6. The summed E-state index contributed by atoms with van der Waals surface area (Å²) in [5, 5.41) is 0. The summed E-state index contributed by atoms with van der Waals surface area (Å²) in [5.74, 6) is -0.872. The lowest BCUT2D eigenvalue weighted by atomic mass is 10.0. The van der Waals surface area contributed by atoms with Crippen LogP contribution in [0.25, 0.3) is 0 Å². The number of ether oxygens (including phenoxy) is 3. The Morgan fingerprint density at radius 3 is 0.753 bits per heavy atom. The van der Waals surface area contributed by atoms with Crippen LogP contribution < -0.4 is 0 Å². The number of rotatable bonds is 62. The molecule has 0 saturated heterocycles. The van der Waals surface area contributed by atoms with E-state index in [9.17, 15) is 14.4 Å². The average molecular weight is 1080 g/mol. The molecule has 0 bridgehead atoms. The minimum atomic E-state index is -0.780. The lowest BCUT2D eigenvalue weighted by molar-refractivity contribution is -0.167. The zero-order valence-corrected chi connectivity index (χ0v) is 51.5. The van der Waals surface area contributed by atoms with Crippen LogP contribution in [0.1, 0.15) is 355 Å². The molecule has 0 N–H and O–H groups in total. The van der Waals surface area contributed by atoms with Gasteiger partial charge in [0, 0.05) is 19.3 Å². The molecule has 0 radical (unpaired) electrons. The van der Waals surface area contributed by atoms with Gasteiger partial charge >= 0.3 is 17.9 Å². The van der Waals surface area contributed by atoms with Crippen molar-refractivity contribution in [3.63, 3.8) is 0 Å². The third kappa shape index (κ3) is 63.8. The van der Waals surface area contributed by atoms with Gasteiger partial charge in [-0.15, -0.1) is 0 Å². The first-order valence-electron chi connectivity index (χ1n) is 33.8. The predicted octanol–water partition coefficient (Wildman–Crippen LogP) is 23.1. The van der Waals surface area contributed by atoms with Crippen LogP contribution in [0.4, 0.5) is 0 Å². The van der Waals surface area contributed by atoms with Crippen LogP contribution in [0.3, 0.4) is 0 Å². The van der Waals surface area contributed by atoms with Crippen LogP contribution in [-0.2, 0) is 28.6 Å². The smallest absolute Gasteiger partial charge is 0.306 e. The minimum Gasteiger partial charge on any atom is -0.462 e. The van der Waals surface area contributed by atoms with Crippen LogP contribution in [0.2, 0.25) is 0 Å². The summed E-state index contributed by atoms with van der Waals surface area (Å²) in [6.07, 6.45) is 83.8. The molecule has 0 heterocycles. The maximum atomic E-state index is 12.9. The molecule has 1 unspecified atom stereocenters. The summed E-state index contributed by atoms with van der Waals surface area (Å²) >= 11 is 0. The van der Waals surface area contributed by atoms with E-state index in [2.05, 4.69) is 81.5 Å². The first kappa shape index (κ1) is 74.1. The standard InChI is InChI=1S/C71H128O6/c1-4-7-10-13-16-19-22-25-27-29-30-31-32-33-34-35-36-37-38-39-40-42-43-46-49-52-55-58-61-64-70(73)76-67-68(66-75-69(72)63-60-57-54-51-48-45-24-21-18-15-12-9-6-3)77-71(74)65-62-59-56-53-50-47-44-41-28-26-23-20-17-14-11-8-5-2/h21-22,24-26,28-30,32-33,68H,4-20,23,27,31,34-67H2,1-3H3/b24-21-,25-22-,28-26-,30-29-,33-32-. The fourth-order valence-corrected chi connectivity index (χ4v) is 9.85. The van der Waals surface area contributed by atoms with Gasteiger partial charge in [-0.25, -0.2) is 0 Å². The number of esters is 3. The van der Waals surface area contributed by atoms with Gasteiger partial charge in [0.05, 0.1) is 0 Å². The summed E-state index contributed by atoms with van der Waals surface area (Å²) in [4.78, 5) is 38.3. The molecule has 6 heteroatoms. The van der Waals surface area contributed by atoms with E-state index in [0.717, 1.165) is 77.0 Å². The number of unbranched alkanes of at least 4 members (excludes halogenated alkanes) is 41. The van der Waals surface area contributed by atoms with Gasteiger partial charge in [0.25, 0.3) is 0 Å². The molecule has 1 atom stereocenters. The largest absolute Gasteiger partial charge is 0.462 e. The SMILES string of the molecule is CCCCCC/C=C\CCCCCCCC(=O)OCC(COC(=O)CCCCCCCCCCCCCCCC/C=C\C/C=C\C/C=C\CCCCCCC)OC(=O)CCCCCCCCC/C=C\CCCCCCCC. The van der Waals surface area contributed by atoms with Crippen LogP contribution in [0.15, 0.2) is 60.8 Å². The second-order valence-corrected chi connectivity index (χ2v) is 22.7. The zero-order valence-electron chi connectivity index (χ0n) is 51.5. The van der Waals surface area contributed by atoms with E-state index in [1.807, 2.05) is 0 Å². The van der Waals surface area contributed by atoms with Gasteiger partial charge in [-0.05, 0) is 109 Å². The molecule has 0 amide bonds. The fraction of sp³-hybridized carbons (Fsp3) is 0.817. The number of carbonyl (C=O) groups excluding carboxylic acids is 3. The number of carbonyl (C=O) groups is 3. The Kier molecular flexibility index (Phi) is 63.2. The molecule has 0 fully saturated rings. The van der Waals surface area contributed by atoms with Crippen molar-refractivity contribution in [3.05, 3.63) is 60.8 Å². The second-order valence-electron chi connectivity index (χ2n) is 22.7. The van der Waals surface area contributed by atoms with E-state index in [-0.39, 0.29) is 31.1 Å². The lowest BCUT2D eigenvalue weighted by Crippen LogP contribution is -2.30. The Hall–Kier alpha value is -2.89. The molecule has 0 aliphatic rings. The summed E-state index contributed by atoms with van der Waals surface area (Å²) in [7, 11) is 0. The summed E-state index contributed by atoms with van der Waals surface area (Å²) in [6, 6.07) is 0. The number of hydrogen-bond donors (Lipinski definition) is 0. The van der Waals surface area contributed by atoms with Gasteiger partial charge in [0.1, 0.15) is 13.2 Å². The van der Waals surface area contributed by atoms with Crippen molar-refractivity contribution in [2.24, 2.45) is 0 Å². The Morgan fingerprint density at radius 2 is 0.468 bits per heavy atom. The molecule has 0 aromatic heterocycles. The highest BCUT2D eigenvalue weighted by Crippen LogP contribution is 2.17. The monoisotopic (exact) mass is 1080 g/mol. The molecule has 77 heavy (non-hydrogen) atoms. The van der Waals surface area contributed by atoms with E-state index in [4.69, 9.17) is 14.2 Å². The summed E-state index contributed by atoms with van der Waals surface area (Å²) in [6.45, 7) is 6.64. The van der Waals surface area contributed by atoms with Gasteiger partial charge in [-0.3, -0.25) is 14.4 Å². The highest BCUT2D eigenvalue weighted by molar-refractivity contribution is 5.71. The van der Waals surface area contributed by atoms with Crippen LogP contribution in [0.5, 0.6) is 0 Å². The highest BCUT2D eigenvalue weighted by atomic mass is 16.6. The summed E-state index contributed by atoms with van der Waals surface area (Å²) < 4.78 is 16.9. The average Bonchev–Trinajstić information content (AvgIpc) is 3.43. The first-order valence-corrected chi connectivity index (χ1v) is 33.8. The van der Waals surface area contributed by atoms with Crippen molar-refractivity contribution >= 4 is 17.9 Å². The number of hydrogen-bond acceptors (Lipinski definition) is 6. The van der Waals surface area contributed by atoms with Crippen LogP contribution >= 0.6 is 0 Å². The molecular weight excluding hydrogens is 949 g/mol. The lowest BCUT2D eigenvalue weighted by Gasteiger charge is -2.18. The molecule has 0 aliphatic carbocycles. The Bertz CT molecular complexity index is 1380. The summed E-state index contributed by atoms with van der Waals surface area (Å²) in [5.41, 5.74) is 0. The highest BCUT2D eigenvalue weighted by Gasteiger charge is 2.19. The third-order valence-electron chi connectivity index (χ3n) is 15.0. The molecule has 0 aromatic rings. The van der Waals surface area contributed by atoms with Gasteiger partial charge in [-0.2, -0.15) is 0 Å². The molecule has 0 aromatic carbocycles. The molecule has 0 aliphatic heterocycles. The molecule has 0 rings (SSSR count). The predicted molar refractivity (Wildman–Crippen MR) is 335 cm³/mol. The van der Waals surface area contributed by atoms with Gasteiger partial charge in [-0.1, -0.05) is 287 Å². The Labute approximate surface area is 479 Å². The first-order chi connectivity index (χ1) is 38.0. The third-order valence-corrected chi connectivity index (χ3v) is 15.0. The van der Waals surface area contributed by atoms with E-state index < -0.39 is 6.10 Å².